The number of nitrogens with zero attached hydrogens (tertiary/aromatic N) is 5. The normalized spacial score (nSPS) is 11.1. The number of hydrogen-bond acceptors (Lipinski definition) is 8. The van der Waals surface area contributed by atoms with Crippen LogP contribution >= 0.6 is 0 Å². The van der Waals surface area contributed by atoms with Gasteiger partial charge >= 0.3 is 0 Å². The van der Waals surface area contributed by atoms with E-state index in [9.17, 15) is 8.42 Å². The quantitative estimate of drug-likeness (QED) is 0.468. The minimum atomic E-state index is -3.06. The summed E-state index contributed by atoms with van der Waals surface area (Å²) in [7, 11) is -3.06. The van der Waals surface area contributed by atoms with Crippen LogP contribution in [0.25, 0.3) is 22.4 Å². The molecule has 0 saturated heterocycles. The summed E-state index contributed by atoms with van der Waals surface area (Å²) in [6.45, 7) is 0.218. The highest BCUT2D eigenvalue weighted by Gasteiger charge is 2.07. The monoisotopic (exact) mass is 419 g/mol. The maximum atomic E-state index is 11.2. The molecule has 0 aliphatic carbocycles. The maximum Gasteiger partial charge on any atom is 0.223 e. The first-order valence-electron chi connectivity index (χ1n) is 8.99. The first kappa shape index (κ1) is 19.5. The zero-order chi connectivity index (χ0) is 21.0. The van der Waals surface area contributed by atoms with Crippen LogP contribution in [0.15, 0.2) is 48.9 Å². The molecule has 1 aromatic carbocycles. The molecule has 0 amide bonds. The van der Waals surface area contributed by atoms with Crippen LogP contribution in [0.2, 0.25) is 0 Å². The average molecular weight is 419 g/mol. The molecule has 0 atom stereocenters. The Kier molecular flexibility index (Phi) is 5.36. The number of nitrogens with one attached hydrogen (secondary N) is 2. The fourth-order valence-corrected chi connectivity index (χ4v) is 3.10. The predicted octanol–water partition coefficient (Wildman–Crippen LogP) is 1.67. The van der Waals surface area contributed by atoms with Crippen molar-refractivity contribution in [3.05, 3.63) is 60.2 Å². The van der Waals surface area contributed by atoms with E-state index in [2.05, 4.69) is 47.3 Å². The molecule has 0 spiro atoms. The lowest BCUT2D eigenvalue weighted by Gasteiger charge is -2.05. The van der Waals surface area contributed by atoms with Crippen LogP contribution in [-0.4, -0.2) is 57.1 Å². The van der Waals surface area contributed by atoms with Gasteiger partial charge in [-0.2, -0.15) is 5.10 Å². The van der Waals surface area contributed by atoms with E-state index >= 15 is 0 Å². The Balaban J connectivity index is 1.53. The van der Waals surface area contributed by atoms with Crippen molar-refractivity contribution in [2.45, 2.75) is 0 Å². The largest absolute Gasteiger partial charge is 0.353 e. The fourth-order valence-electron chi connectivity index (χ4n) is 2.63. The molecule has 4 aromatic rings. The van der Waals surface area contributed by atoms with Crippen molar-refractivity contribution in [1.29, 1.82) is 0 Å². The van der Waals surface area contributed by atoms with Gasteiger partial charge in [-0.3, -0.25) is 5.10 Å². The molecule has 0 radical (unpaired) electrons. The number of aromatic nitrogens is 6. The first-order chi connectivity index (χ1) is 14.5. The van der Waals surface area contributed by atoms with Gasteiger partial charge in [0.15, 0.2) is 5.82 Å². The third-order valence-electron chi connectivity index (χ3n) is 4.07. The van der Waals surface area contributed by atoms with E-state index in [1.807, 2.05) is 18.2 Å². The molecule has 0 aliphatic heterocycles. The van der Waals surface area contributed by atoms with E-state index < -0.39 is 9.84 Å². The van der Waals surface area contributed by atoms with Crippen molar-refractivity contribution in [2.75, 3.05) is 23.9 Å². The topological polar surface area (TPSA) is 126 Å². The summed E-state index contributed by atoms with van der Waals surface area (Å²) >= 11 is 0. The highest BCUT2D eigenvalue weighted by atomic mass is 32.2. The van der Waals surface area contributed by atoms with Crippen molar-refractivity contribution in [3.63, 3.8) is 0 Å². The standard InChI is InChI=1S/C20H17N7O2S/c1-30(28,29)11-10-23-20-22-9-7-18(26-20)19-21-8-6-16(25-19)4-2-14-3-5-17-15(12-14)13-24-27-17/h3,5-9,12-13H,10-11H2,1H3,(H,24,27)(H,22,23,26). The van der Waals surface area contributed by atoms with E-state index in [1.54, 1.807) is 30.7 Å². The molecule has 3 heterocycles. The maximum absolute atomic E-state index is 11.2. The second-order valence-corrected chi connectivity index (χ2v) is 8.77. The number of benzene rings is 1. The molecule has 3 aromatic heterocycles. The Morgan fingerprint density at radius 3 is 2.80 bits per heavy atom. The second kappa shape index (κ2) is 8.26. The summed E-state index contributed by atoms with van der Waals surface area (Å²) in [5.41, 5.74) is 2.87. The van der Waals surface area contributed by atoms with Gasteiger partial charge in [0.1, 0.15) is 21.2 Å². The number of aromatic amines is 1. The fraction of sp³-hybridized carbons (Fsp3) is 0.150. The predicted molar refractivity (Wildman–Crippen MR) is 113 cm³/mol. The van der Waals surface area contributed by atoms with E-state index in [0.29, 0.717) is 23.2 Å². The Labute approximate surface area is 173 Å². The molecule has 0 bridgehead atoms. The van der Waals surface area contributed by atoms with Gasteiger partial charge in [-0.05, 0) is 36.3 Å². The van der Waals surface area contributed by atoms with Gasteiger partial charge in [0.05, 0.1) is 17.5 Å². The Hall–Kier alpha value is -3.84. The van der Waals surface area contributed by atoms with Crippen molar-refractivity contribution >= 4 is 26.7 Å². The van der Waals surface area contributed by atoms with Crippen LogP contribution in [0.4, 0.5) is 5.95 Å². The van der Waals surface area contributed by atoms with Crippen LogP contribution in [-0.2, 0) is 9.84 Å². The summed E-state index contributed by atoms with van der Waals surface area (Å²) < 4.78 is 22.5. The van der Waals surface area contributed by atoms with Gasteiger partial charge in [-0.15, -0.1) is 0 Å². The molecule has 0 aliphatic rings. The van der Waals surface area contributed by atoms with Crippen molar-refractivity contribution in [1.82, 2.24) is 30.1 Å². The van der Waals surface area contributed by atoms with Crippen LogP contribution in [0, 0.1) is 11.8 Å². The molecule has 2 N–H and O–H groups in total. The Morgan fingerprint density at radius 1 is 1.07 bits per heavy atom. The van der Waals surface area contributed by atoms with Gasteiger partial charge in [-0.25, -0.2) is 28.4 Å². The summed E-state index contributed by atoms with van der Waals surface area (Å²) in [5, 5.41) is 10.8. The molecule has 9 nitrogen and oxygen atoms in total. The SMILES string of the molecule is CS(=O)(=O)CCNc1nccc(-c2nccc(C#Cc3ccc4[nH]ncc4c3)n2)n1. The summed E-state index contributed by atoms with van der Waals surface area (Å²) in [5.74, 6) is 6.83. The Morgan fingerprint density at radius 2 is 1.93 bits per heavy atom. The lowest BCUT2D eigenvalue weighted by atomic mass is 10.1. The number of hydrogen-bond donors (Lipinski definition) is 2. The van der Waals surface area contributed by atoms with Crippen LogP contribution in [0.1, 0.15) is 11.3 Å². The van der Waals surface area contributed by atoms with Crippen LogP contribution in [0.3, 0.4) is 0 Å². The van der Waals surface area contributed by atoms with Gasteiger partial charge in [0.25, 0.3) is 0 Å². The summed E-state index contributed by atoms with van der Waals surface area (Å²) in [4.78, 5) is 17.2. The average Bonchev–Trinajstić information content (AvgIpc) is 3.20. The number of rotatable bonds is 5. The van der Waals surface area contributed by atoms with Gasteiger partial charge in [0, 0.05) is 36.1 Å². The zero-order valence-electron chi connectivity index (χ0n) is 16.0. The van der Waals surface area contributed by atoms with Crippen molar-refractivity contribution in [2.24, 2.45) is 0 Å². The van der Waals surface area contributed by atoms with E-state index in [-0.39, 0.29) is 12.3 Å². The van der Waals surface area contributed by atoms with E-state index in [4.69, 9.17) is 0 Å². The highest BCUT2D eigenvalue weighted by Crippen LogP contribution is 2.14. The zero-order valence-corrected chi connectivity index (χ0v) is 16.8. The molecular weight excluding hydrogens is 402 g/mol. The van der Waals surface area contributed by atoms with Gasteiger partial charge in [0.2, 0.25) is 5.95 Å². The number of sulfone groups is 1. The van der Waals surface area contributed by atoms with E-state index in [1.165, 1.54) is 6.26 Å². The lowest BCUT2D eigenvalue weighted by Crippen LogP contribution is -2.15. The number of H-pyrrole nitrogens is 1. The second-order valence-electron chi connectivity index (χ2n) is 6.51. The molecule has 30 heavy (non-hydrogen) atoms. The summed E-state index contributed by atoms with van der Waals surface area (Å²) in [6, 6.07) is 9.19. The molecule has 10 heteroatoms. The third-order valence-corrected chi connectivity index (χ3v) is 5.02. The molecule has 0 fully saturated rings. The lowest BCUT2D eigenvalue weighted by molar-refractivity contribution is 0.602. The van der Waals surface area contributed by atoms with Crippen LogP contribution < -0.4 is 5.32 Å². The first-order valence-corrected chi connectivity index (χ1v) is 11.1. The molecule has 4 rings (SSSR count). The third kappa shape index (κ3) is 4.95. The molecule has 150 valence electrons. The smallest absolute Gasteiger partial charge is 0.223 e. The van der Waals surface area contributed by atoms with Crippen molar-refractivity contribution < 1.29 is 8.42 Å². The number of fused-ring (bicyclic) bond motifs is 1. The molecular formula is C20H17N7O2S. The minimum absolute atomic E-state index is 0.00717. The number of anilines is 1. The highest BCUT2D eigenvalue weighted by molar-refractivity contribution is 7.90. The Bertz CT molecular complexity index is 1370. The van der Waals surface area contributed by atoms with E-state index in [0.717, 1.165) is 16.5 Å². The molecule has 0 unspecified atom stereocenters. The summed E-state index contributed by atoms with van der Waals surface area (Å²) in [6.07, 6.45) is 6.11. The van der Waals surface area contributed by atoms with Gasteiger partial charge in [-0.1, -0.05) is 5.92 Å². The van der Waals surface area contributed by atoms with Crippen molar-refractivity contribution in [3.8, 4) is 23.4 Å². The van der Waals surface area contributed by atoms with Gasteiger partial charge < -0.3 is 5.32 Å². The minimum Gasteiger partial charge on any atom is -0.353 e. The van der Waals surface area contributed by atoms with Crippen LogP contribution in [0.5, 0.6) is 0 Å². The molecule has 0 saturated carbocycles.